The van der Waals surface area contributed by atoms with E-state index in [0.29, 0.717) is 5.82 Å². The maximum atomic E-state index is 13.2. The first kappa shape index (κ1) is 15.2. The van der Waals surface area contributed by atoms with Gasteiger partial charge < -0.3 is 5.32 Å². The van der Waals surface area contributed by atoms with Crippen LogP contribution < -0.4 is 5.32 Å². The lowest BCUT2D eigenvalue weighted by molar-refractivity contribution is 0.605. The van der Waals surface area contributed by atoms with Gasteiger partial charge in [-0.05, 0) is 23.8 Å². The molecule has 1 atom stereocenters. The van der Waals surface area contributed by atoms with Gasteiger partial charge in [-0.25, -0.2) is 22.8 Å². The summed E-state index contributed by atoms with van der Waals surface area (Å²) in [4.78, 5) is 9.33. The van der Waals surface area contributed by atoms with Gasteiger partial charge in [-0.15, -0.1) is 11.3 Å². The van der Waals surface area contributed by atoms with Crippen molar-refractivity contribution < 1.29 is 12.8 Å². The van der Waals surface area contributed by atoms with Crippen LogP contribution in [0.4, 0.5) is 10.2 Å². The molecule has 1 aliphatic heterocycles. The Labute approximate surface area is 141 Å². The SMILES string of the molecule is O=S1(=O)C=CC(Nc2ncnc3scc(-c4ccc(F)cc4)c23)C1. The molecule has 0 bridgehead atoms. The highest BCUT2D eigenvalue weighted by Gasteiger charge is 2.23. The molecule has 0 fully saturated rings. The van der Waals surface area contributed by atoms with Crippen LogP contribution in [-0.2, 0) is 9.84 Å². The fourth-order valence-corrected chi connectivity index (χ4v) is 4.82. The lowest BCUT2D eigenvalue weighted by Crippen LogP contribution is -2.21. The third-order valence-corrected chi connectivity index (χ3v) is 6.06. The van der Waals surface area contributed by atoms with Gasteiger partial charge in [-0.1, -0.05) is 12.1 Å². The normalized spacial score (nSPS) is 19.0. The maximum absolute atomic E-state index is 13.2. The Morgan fingerprint density at radius 1 is 1.21 bits per heavy atom. The van der Waals surface area contributed by atoms with Crippen LogP contribution in [0, 0.1) is 5.82 Å². The predicted molar refractivity (Wildman–Crippen MR) is 93.1 cm³/mol. The van der Waals surface area contributed by atoms with Crippen LogP contribution in [0.15, 0.2) is 47.5 Å². The van der Waals surface area contributed by atoms with E-state index in [9.17, 15) is 12.8 Å². The van der Waals surface area contributed by atoms with Gasteiger partial charge in [0.2, 0.25) is 0 Å². The molecular formula is C16H12FN3O2S2. The van der Waals surface area contributed by atoms with Gasteiger partial charge in [-0.2, -0.15) is 0 Å². The van der Waals surface area contributed by atoms with Gasteiger partial charge in [-0.3, -0.25) is 0 Å². The molecule has 0 amide bonds. The minimum atomic E-state index is -3.15. The van der Waals surface area contributed by atoms with Gasteiger partial charge in [0.05, 0.1) is 17.2 Å². The number of nitrogens with zero attached hydrogens (tertiary/aromatic N) is 2. The molecule has 3 heterocycles. The second-order valence-electron chi connectivity index (χ2n) is 5.47. The molecule has 1 unspecified atom stereocenters. The zero-order valence-electron chi connectivity index (χ0n) is 12.3. The number of nitrogens with one attached hydrogen (secondary N) is 1. The quantitative estimate of drug-likeness (QED) is 0.775. The Kier molecular flexibility index (Phi) is 3.58. The second-order valence-corrected chi connectivity index (χ2v) is 8.26. The van der Waals surface area contributed by atoms with Crippen molar-refractivity contribution in [1.29, 1.82) is 0 Å². The molecule has 1 N–H and O–H groups in total. The average Bonchev–Trinajstić information content (AvgIpc) is 3.12. The topological polar surface area (TPSA) is 72.0 Å². The third-order valence-electron chi connectivity index (χ3n) is 3.78. The summed E-state index contributed by atoms with van der Waals surface area (Å²) in [5.41, 5.74) is 1.75. The molecular weight excluding hydrogens is 349 g/mol. The van der Waals surface area contributed by atoms with Crippen molar-refractivity contribution in [3.63, 3.8) is 0 Å². The van der Waals surface area contributed by atoms with Crippen molar-refractivity contribution in [3.05, 3.63) is 53.3 Å². The molecule has 2 aromatic heterocycles. The average molecular weight is 361 g/mol. The first-order valence-electron chi connectivity index (χ1n) is 7.17. The van der Waals surface area contributed by atoms with Crippen molar-refractivity contribution in [2.75, 3.05) is 11.1 Å². The fraction of sp³-hybridized carbons (Fsp3) is 0.125. The molecule has 5 nitrogen and oxygen atoms in total. The molecule has 0 saturated carbocycles. The largest absolute Gasteiger partial charge is 0.362 e. The van der Waals surface area contributed by atoms with Crippen LogP contribution >= 0.6 is 11.3 Å². The Bertz CT molecular complexity index is 1040. The summed E-state index contributed by atoms with van der Waals surface area (Å²) in [6.45, 7) is 0. The third kappa shape index (κ3) is 2.78. The van der Waals surface area contributed by atoms with E-state index in [0.717, 1.165) is 21.3 Å². The minimum absolute atomic E-state index is 0.00845. The van der Waals surface area contributed by atoms with E-state index < -0.39 is 9.84 Å². The summed E-state index contributed by atoms with van der Waals surface area (Å²) in [6.07, 6.45) is 3.07. The minimum Gasteiger partial charge on any atom is -0.362 e. The Morgan fingerprint density at radius 2 is 2.00 bits per heavy atom. The standard InChI is InChI=1S/C16H12FN3O2S2/c17-11-3-1-10(2-4-11)13-7-23-16-14(13)15(18-9-19-16)20-12-5-6-24(21,22)8-12/h1-7,9,12H,8H2,(H,18,19,20). The zero-order chi connectivity index (χ0) is 16.7. The number of sulfone groups is 1. The number of benzene rings is 1. The number of aromatic nitrogens is 2. The Balaban J connectivity index is 1.78. The Hall–Kier alpha value is -2.32. The molecule has 1 aromatic carbocycles. The molecule has 8 heteroatoms. The summed E-state index contributed by atoms with van der Waals surface area (Å²) in [7, 11) is -3.15. The summed E-state index contributed by atoms with van der Waals surface area (Å²) in [5, 5.41) is 7.14. The van der Waals surface area contributed by atoms with Crippen molar-refractivity contribution >= 4 is 37.2 Å². The first-order chi connectivity index (χ1) is 11.5. The molecule has 4 rings (SSSR count). The van der Waals surface area contributed by atoms with Crippen molar-refractivity contribution in [3.8, 4) is 11.1 Å². The van der Waals surface area contributed by atoms with Gasteiger partial charge in [0.15, 0.2) is 9.84 Å². The molecule has 0 saturated heterocycles. The molecule has 3 aromatic rings. The summed E-state index contributed by atoms with van der Waals surface area (Å²) < 4.78 is 36.3. The van der Waals surface area contributed by atoms with E-state index in [1.807, 2.05) is 5.38 Å². The second kappa shape index (κ2) is 5.64. The monoisotopic (exact) mass is 361 g/mol. The number of hydrogen-bond donors (Lipinski definition) is 1. The van der Waals surface area contributed by atoms with Crippen LogP contribution in [0.25, 0.3) is 21.3 Å². The van der Waals surface area contributed by atoms with Crippen LogP contribution in [0.1, 0.15) is 0 Å². The highest BCUT2D eigenvalue weighted by molar-refractivity contribution is 7.94. The number of halogens is 1. The van der Waals surface area contributed by atoms with Gasteiger partial charge in [0.1, 0.15) is 22.8 Å². The smallest absolute Gasteiger partial charge is 0.173 e. The van der Waals surface area contributed by atoms with E-state index in [1.165, 1.54) is 35.2 Å². The lowest BCUT2D eigenvalue weighted by Gasteiger charge is -2.12. The number of fused-ring (bicyclic) bond motifs is 1. The molecule has 0 radical (unpaired) electrons. The maximum Gasteiger partial charge on any atom is 0.173 e. The van der Waals surface area contributed by atoms with Crippen LogP contribution in [0.5, 0.6) is 0 Å². The molecule has 0 aliphatic carbocycles. The highest BCUT2D eigenvalue weighted by atomic mass is 32.2. The van der Waals surface area contributed by atoms with Gasteiger partial charge in [0, 0.05) is 16.4 Å². The zero-order valence-corrected chi connectivity index (χ0v) is 13.9. The van der Waals surface area contributed by atoms with Crippen molar-refractivity contribution in [1.82, 2.24) is 9.97 Å². The fourth-order valence-electron chi connectivity index (χ4n) is 2.67. The number of rotatable bonds is 3. The molecule has 24 heavy (non-hydrogen) atoms. The number of hydrogen-bond acceptors (Lipinski definition) is 6. The van der Waals surface area contributed by atoms with Crippen LogP contribution in [-0.4, -0.2) is 30.2 Å². The van der Waals surface area contributed by atoms with Crippen molar-refractivity contribution in [2.45, 2.75) is 6.04 Å². The lowest BCUT2D eigenvalue weighted by atomic mass is 10.1. The molecule has 122 valence electrons. The van der Waals surface area contributed by atoms with E-state index >= 15 is 0 Å². The number of thiophene rings is 1. The van der Waals surface area contributed by atoms with Gasteiger partial charge >= 0.3 is 0 Å². The van der Waals surface area contributed by atoms with Crippen LogP contribution in [0.2, 0.25) is 0 Å². The first-order valence-corrected chi connectivity index (χ1v) is 9.77. The van der Waals surface area contributed by atoms with E-state index in [1.54, 1.807) is 18.2 Å². The summed E-state index contributed by atoms with van der Waals surface area (Å²) in [5.74, 6) is 0.288. The summed E-state index contributed by atoms with van der Waals surface area (Å²) in [6, 6.07) is 5.89. The van der Waals surface area contributed by atoms with Crippen LogP contribution in [0.3, 0.4) is 0 Å². The summed E-state index contributed by atoms with van der Waals surface area (Å²) >= 11 is 1.46. The molecule has 0 spiro atoms. The van der Waals surface area contributed by atoms with Crippen molar-refractivity contribution in [2.24, 2.45) is 0 Å². The van der Waals surface area contributed by atoms with E-state index in [2.05, 4.69) is 15.3 Å². The van der Waals surface area contributed by atoms with Gasteiger partial charge in [0.25, 0.3) is 0 Å². The predicted octanol–water partition coefficient (Wildman–Crippen LogP) is 3.22. The van der Waals surface area contributed by atoms with E-state index in [-0.39, 0.29) is 17.6 Å². The van der Waals surface area contributed by atoms with E-state index in [4.69, 9.17) is 0 Å². The molecule has 1 aliphatic rings. The Morgan fingerprint density at radius 3 is 2.71 bits per heavy atom. The number of anilines is 1. The highest BCUT2D eigenvalue weighted by Crippen LogP contribution is 2.36.